The van der Waals surface area contributed by atoms with Crippen LogP contribution in [0.25, 0.3) is 0 Å². The third kappa shape index (κ3) is 3.51. The van der Waals surface area contributed by atoms with Crippen molar-refractivity contribution < 1.29 is 24.0 Å². The molecule has 152 valence electrons. The van der Waals surface area contributed by atoms with Crippen LogP contribution in [0.15, 0.2) is 30.4 Å². The summed E-state index contributed by atoms with van der Waals surface area (Å²) in [6.45, 7) is 4.57. The molecule has 0 aromatic heterocycles. The van der Waals surface area contributed by atoms with Gasteiger partial charge in [0.05, 0.1) is 13.0 Å². The number of hydrogen-bond donors (Lipinski definition) is 0. The molecule has 1 saturated heterocycles. The van der Waals surface area contributed by atoms with Crippen molar-refractivity contribution in [2.24, 2.45) is 17.8 Å². The number of fused-ring (bicyclic) bond motifs is 2. The molecule has 1 fully saturated rings. The van der Waals surface area contributed by atoms with E-state index in [9.17, 15) is 4.79 Å². The van der Waals surface area contributed by atoms with E-state index in [1.165, 1.54) is 5.56 Å². The van der Waals surface area contributed by atoms with Crippen LogP contribution in [-0.2, 0) is 21.0 Å². The van der Waals surface area contributed by atoms with Gasteiger partial charge in [-0.15, -0.1) is 0 Å². The van der Waals surface area contributed by atoms with Gasteiger partial charge in [-0.05, 0) is 50.0 Å². The van der Waals surface area contributed by atoms with Gasteiger partial charge in [-0.2, -0.15) is 4.89 Å². The van der Waals surface area contributed by atoms with E-state index in [2.05, 4.69) is 30.2 Å². The third-order valence-corrected chi connectivity index (χ3v) is 6.24. The monoisotopic (exact) mass is 387 g/mol. The summed E-state index contributed by atoms with van der Waals surface area (Å²) < 4.78 is 12.0. The lowest BCUT2D eigenvalue weighted by atomic mass is 9.71. The minimum absolute atomic E-state index is 0.242. The van der Waals surface area contributed by atoms with E-state index in [0.29, 0.717) is 17.7 Å². The summed E-state index contributed by atoms with van der Waals surface area (Å²) in [4.78, 5) is 25.0. The van der Waals surface area contributed by atoms with Gasteiger partial charge >= 0.3 is 5.97 Å². The lowest BCUT2D eigenvalue weighted by Crippen LogP contribution is -2.55. The Kier molecular flexibility index (Phi) is 5.34. The molecule has 3 aliphatic rings. The molecule has 0 radical (unpaired) electrons. The fraction of sp³-hybridized carbons (Fsp3) is 0.591. The summed E-state index contributed by atoms with van der Waals surface area (Å²) in [7, 11) is 3.84. The van der Waals surface area contributed by atoms with Crippen molar-refractivity contribution in [2.45, 2.75) is 44.9 Å². The summed E-state index contributed by atoms with van der Waals surface area (Å²) >= 11 is 0. The van der Waals surface area contributed by atoms with Crippen LogP contribution in [0.5, 0.6) is 11.5 Å². The van der Waals surface area contributed by atoms with Gasteiger partial charge in [-0.1, -0.05) is 32.1 Å². The Morgan fingerprint density at radius 1 is 1.29 bits per heavy atom. The molecule has 0 spiro atoms. The molecule has 6 bridgehead atoms. The zero-order valence-electron chi connectivity index (χ0n) is 17.0. The van der Waals surface area contributed by atoms with E-state index in [1.807, 2.05) is 12.1 Å². The molecule has 4 rings (SSSR count). The van der Waals surface area contributed by atoms with Gasteiger partial charge in [0.1, 0.15) is 6.10 Å². The second-order valence-electron chi connectivity index (χ2n) is 8.35. The van der Waals surface area contributed by atoms with Crippen LogP contribution in [0.4, 0.5) is 0 Å². The Bertz CT molecular complexity index is 761. The number of carbonyl (C=O) groups is 1. The van der Waals surface area contributed by atoms with Crippen LogP contribution in [0.1, 0.15) is 25.8 Å². The molecule has 1 aromatic rings. The SMILES string of the molecule is COc1ccc2cc1O[C@@H]1[C@H]3CCN(C)[C@H](C2)[C@@H]3C=C[C@@H]1OOC(=O)C(C)C. The Morgan fingerprint density at radius 2 is 2.11 bits per heavy atom. The van der Waals surface area contributed by atoms with E-state index in [4.69, 9.17) is 19.2 Å². The summed E-state index contributed by atoms with van der Waals surface area (Å²) in [5.74, 6) is 1.46. The van der Waals surface area contributed by atoms with Crippen LogP contribution in [0, 0.1) is 17.8 Å². The molecule has 2 heterocycles. The van der Waals surface area contributed by atoms with Gasteiger partial charge < -0.3 is 14.4 Å². The van der Waals surface area contributed by atoms with Crippen LogP contribution in [-0.4, -0.2) is 49.8 Å². The summed E-state index contributed by atoms with van der Waals surface area (Å²) in [6.07, 6.45) is 5.50. The Morgan fingerprint density at radius 3 is 2.86 bits per heavy atom. The van der Waals surface area contributed by atoms with Gasteiger partial charge in [-0.3, -0.25) is 4.89 Å². The molecule has 28 heavy (non-hydrogen) atoms. The zero-order chi connectivity index (χ0) is 19.8. The predicted octanol–water partition coefficient (Wildman–Crippen LogP) is 3.00. The molecule has 0 amide bonds. The normalized spacial score (nSPS) is 31.4. The van der Waals surface area contributed by atoms with Gasteiger partial charge in [0.2, 0.25) is 0 Å². The lowest BCUT2D eigenvalue weighted by Gasteiger charge is -2.47. The fourth-order valence-corrected chi connectivity index (χ4v) is 4.60. The maximum absolute atomic E-state index is 11.9. The molecule has 0 N–H and O–H groups in total. The number of rotatable bonds is 4. The molecule has 5 atom stereocenters. The van der Waals surface area contributed by atoms with Crippen LogP contribution < -0.4 is 9.47 Å². The first-order valence-corrected chi connectivity index (χ1v) is 10.1. The number of carbonyl (C=O) groups excluding carboxylic acids is 1. The van der Waals surface area contributed by atoms with Gasteiger partial charge in [0.15, 0.2) is 17.6 Å². The highest BCUT2D eigenvalue weighted by atomic mass is 17.2. The molecule has 6 nitrogen and oxygen atoms in total. The molecule has 1 aliphatic carbocycles. The number of ether oxygens (including phenoxy) is 2. The molecule has 6 heteroatoms. The highest BCUT2D eigenvalue weighted by molar-refractivity contribution is 5.70. The Hall–Kier alpha value is -2.05. The summed E-state index contributed by atoms with van der Waals surface area (Å²) in [5.41, 5.74) is 1.23. The number of likely N-dealkylation sites (N-methyl/N-ethyl adjacent to an activating group) is 1. The first kappa shape index (κ1) is 19.3. The van der Waals surface area contributed by atoms with Gasteiger partial charge in [0, 0.05) is 12.0 Å². The average molecular weight is 387 g/mol. The Labute approximate surface area is 166 Å². The topological polar surface area (TPSA) is 57.2 Å². The second-order valence-corrected chi connectivity index (χ2v) is 8.35. The number of benzene rings is 1. The summed E-state index contributed by atoms with van der Waals surface area (Å²) in [6, 6.07) is 6.55. The van der Waals surface area contributed by atoms with Crippen molar-refractivity contribution in [3.05, 3.63) is 35.9 Å². The first-order chi connectivity index (χ1) is 13.5. The van der Waals surface area contributed by atoms with Gasteiger partial charge in [-0.25, -0.2) is 4.79 Å². The standard InChI is InChI=1S/C22H29NO5/c1-13(2)22(24)28-27-19-8-6-15-16-9-10-23(3)17(15)11-14-5-7-18(25-4)20(12-14)26-21(16)19/h5-8,12-13,15-17,19,21H,9-11H2,1-4H3/t15-,16+,17-,19+,21-/m1/s1. The quantitative estimate of drug-likeness (QED) is 0.450. The third-order valence-electron chi connectivity index (χ3n) is 6.24. The zero-order valence-corrected chi connectivity index (χ0v) is 17.0. The lowest BCUT2D eigenvalue weighted by molar-refractivity contribution is -0.307. The molecular formula is C22H29NO5. The maximum Gasteiger partial charge on any atom is 0.344 e. The fourth-order valence-electron chi connectivity index (χ4n) is 4.60. The van der Waals surface area contributed by atoms with Crippen LogP contribution >= 0.6 is 0 Å². The summed E-state index contributed by atoms with van der Waals surface area (Å²) in [5, 5.41) is 0. The average Bonchev–Trinajstić information content (AvgIpc) is 2.70. The largest absolute Gasteiger partial charge is 0.493 e. The maximum atomic E-state index is 11.9. The number of methoxy groups -OCH3 is 1. The van der Waals surface area contributed by atoms with Crippen LogP contribution in [0.3, 0.4) is 0 Å². The highest BCUT2D eigenvalue weighted by Gasteiger charge is 2.47. The van der Waals surface area contributed by atoms with Crippen molar-refractivity contribution >= 4 is 5.97 Å². The number of nitrogens with zero attached hydrogens (tertiary/aromatic N) is 1. The number of hydrogen-bond acceptors (Lipinski definition) is 6. The number of piperidine rings is 1. The molecule has 2 aliphatic heterocycles. The van der Waals surface area contributed by atoms with Crippen molar-refractivity contribution in [3.63, 3.8) is 0 Å². The number of likely N-dealkylation sites (tertiary alicyclic amines) is 1. The van der Waals surface area contributed by atoms with E-state index < -0.39 is 6.10 Å². The predicted molar refractivity (Wildman–Crippen MR) is 104 cm³/mol. The molecule has 1 aromatic carbocycles. The second kappa shape index (κ2) is 7.76. The van der Waals surface area contributed by atoms with Crippen molar-refractivity contribution in [1.29, 1.82) is 0 Å². The van der Waals surface area contributed by atoms with Crippen molar-refractivity contribution in [2.75, 3.05) is 20.7 Å². The minimum Gasteiger partial charge on any atom is -0.493 e. The van der Waals surface area contributed by atoms with Crippen molar-refractivity contribution in [1.82, 2.24) is 4.90 Å². The highest BCUT2D eigenvalue weighted by Crippen LogP contribution is 2.43. The van der Waals surface area contributed by atoms with Crippen molar-refractivity contribution in [3.8, 4) is 11.5 Å². The minimum atomic E-state index is -0.445. The van der Waals surface area contributed by atoms with Gasteiger partial charge in [0.25, 0.3) is 0 Å². The van der Waals surface area contributed by atoms with E-state index in [1.54, 1.807) is 21.0 Å². The van der Waals surface area contributed by atoms with E-state index in [-0.39, 0.29) is 23.9 Å². The van der Waals surface area contributed by atoms with E-state index in [0.717, 1.165) is 25.1 Å². The van der Waals surface area contributed by atoms with E-state index >= 15 is 0 Å². The Balaban J connectivity index is 1.69. The molecular weight excluding hydrogens is 358 g/mol. The molecule has 0 saturated carbocycles. The van der Waals surface area contributed by atoms with Crippen LogP contribution in [0.2, 0.25) is 0 Å². The molecule has 0 unspecified atom stereocenters. The first-order valence-electron chi connectivity index (χ1n) is 10.1. The smallest absolute Gasteiger partial charge is 0.344 e.